The summed E-state index contributed by atoms with van der Waals surface area (Å²) in [7, 11) is 4.21. The van der Waals surface area contributed by atoms with Gasteiger partial charge < -0.3 is 19.9 Å². The van der Waals surface area contributed by atoms with Crippen LogP contribution in [0.15, 0.2) is 48.5 Å². The monoisotopic (exact) mass is 396 g/mol. The molecule has 2 aromatic rings. The fourth-order valence-corrected chi connectivity index (χ4v) is 3.68. The predicted molar refractivity (Wildman–Crippen MR) is 113 cm³/mol. The van der Waals surface area contributed by atoms with Gasteiger partial charge in [-0.2, -0.15) is 0 Å². The molecule has 154 valence electrons. The van der Waals surface area contributed by atoms with Crippen molar-refractivity contribution in [2.24, 2.45) is 5.92 Å². The van der Waals surface area contributed by atoms with Crippen molar-refractivity contribution >= 4 is 17.5 Å². The molecule has 1 aliphatic rings. The van der Waals surface area contributed by atoms with Gasteiger partial charge in [0.15, 0.2) is 0 Å². The predicted octanol–water partition coefficient (Wildman–Crippen LogP) is 1.40. The van der Waals surface area contributed by atoms with Gasteiger partial charge in [0.25, 0.3) is 0 Å². The molecule has 0 radical (unpaired) electrons. The first-order valence-electron chi connectivity index (χ1n) is 10.1. The number of carbonyl (C=O) groups excluding carboxylic acids is 2. The van der Waals surface area contributed by atoms with Crippen molar-refractivity contribution in [3.05, 3.63) is 59.7 Å². The van der Waals surface area contributed by atoms with Gasteiger partial charge >= 0.3 is 0 Å². The number of quaternary nitrogens is 1. The Balaban J connectivity index is 1.65. The summed E-state index contributed by atoms with van der Waals surface area (Å²) in [4.78, 5) is 28.3. The first kappa shape index (κ1) is 20.9. The van der Waals surface area contributed by atoms with Crippen LogP contribution in [0.25, 0.3) is 0 Å². The molecule has 2 N–H and O–H groups in total. The van der Waals surface area contributed by atoms with E-state index >= 15 is 0 Å². The lowest BCUT2D eigenvalue weighted by atomic mass is 10.1. The van der Waals surface area contributed by atoms with Crippen LogP contribution in [0.4, 0.5) is 5.69 Å². The molecule has 6 heteroatoms. The molecule has 0 unspecified atom stereocenters. The molecule has 2 amide bonds. The minimum atomic E-state index is -0.358. The topological polar surface area (TPSA) is 63.1 Å². The summed E-state index contributed by atoms with van der Waals surface area (Å²) in [6.07, 6.45) is 0.218. The number of nitrogens with zero attached hydrogens (tertiary/aromatic N) is 1. The first-order valence-corrected chi connectivity index (χ1v) is 10.1. The number of hydrogen-bond acceptors (Lipinski definition) is 3. The average molecular weight is 397 g/mol. The molecule has 0 aromatic heterocycles. The highest BCUT2D eigenvalue weighted by atomic mass is 16.5. The first-order chi connectivity index (χ1) is 14.0. The van der Waals surface area contributed by atoms with Gasteiger partial charge in [-0.15, -0.1) is 0 Å². The van der Waals surface area contributed by atoms with Gasteiger partial charge in [0.1, 0.15) is 12.3 Å². The molecule has 1 atom stereocenters. The number of hydrogen-bond donors (Lipinski definition) is 2. The molecule has 29 heavy (non-hydrogen) atoms. The minimum Gasteiger partial charge on any atom is -0.492 e. The molecule has 3 rings (SSSR count). The summed E-state index contributed by atoms with van der Waals surface area (Å²) in [6.45, 7) is 4.18. The van der Waals surface area contributed by atoms with Gasteiger partial charge in [0, 0.05) is 25.1 Å². The van der Waals surface area contributed by atoms with Crippen LogP contribution < -0.4 is 19.9 Å². The van der Waals surface area contributed by atoms with E-state index in [1.165, 1.54) is 10.5 Å². The van der Waals surface area contributed by atoms with Crippen molar-refractivity contribution in [3.63, 3.8) is 0 Å². The third-order valence-electron chi connectivity index (χ3n) is 5.07. The molecule has 6 nitrogen and oxygen atoms in total. The summed E-state index contributed by atoms with van der Waals surface area (Å²) in [6, 6.07) is 15.6. The summed E-state index contributed by atoms with van der Waals surface area (Å²) in [5.41, 5.74) is 3.07. The lowest BCUT2D eigenvalue weighted by Gasteiger charge is -2.20. The molecule has 1 aliphatic heterocycles. The number of carbonyl (C=O) groups is 2. The van der Waals surface area contributed by atoms with Crippen LogP contribution in [0, 0.1) is 5.92 Å². The van der Waals surface area contributed by atoms with Crippen LogP contribution in [0.2, 0.25) is 0 Å². The Hall–Kier alpha value is -2.86. The van der Waals surface area contributed by atoms with E-state index in [9.17, 15) is 9.59 Å². The number of para-hydroxylation sites is 2. The molecule has 2 aromatic carbocycles. The lowest BCUT2D eigenvalue weighted by Crippen LogP contribution is -3.04. The number of amides is 2. The Morgan fingerprint density at radius 3 is 2.55 bits per heavy atom. The molecule has 1 saturated heterocycles. The van der Waals surface area contributed by atoms with Crippen molar-refractivity contribution in [1.82, 2.24) is 5.32 Å². The largest absolute Gasteiger partial charge is 0.492 e. The normalized spacial score (nSPS) is 16.3. The molecule has 0 saturated carbocycles. The lowest BCUT2D eigenvalue weighted by molar-refractivity contribution is -0.872. The van der Waals surface area contributed by atoms with Crippen LogP contribution in [-0.2, 0) is 22.7 Å². The maximum atomic E-state index is 12.8. The Kier molecular flexibility index (Phi) is 6.88. The van der Waals surface area contributed by atoms with Crippen molar-refractivity contribution < 1.29 is 19.2 Å². The third kappa shape index (κ3) is 5.15. The highest BCUT2D eigenvalue weighted by Crippen LogP contribution is 2.33. The molecular weight excluding hydrogens is 366 g/mol. The second-order valence-electron chi connectivity index (χ2n) is 7.68. The zero-order valence-corrected chi connectivity index (χ0v) is 17.4. The fraction of sp³-hybridized carbons (Fsp3) is 0.391. The number of ether oxygens (including phenoxy) is 1. The summed E-state index contributed by atoms with van der Waals surface area (Å²) < 4.78 is 5.65. The van der Waals surface area contributed by atoms with Gasteiger partial charge in [-0.3, -0.25) is 9.59 Å². The van der Waals surface area contributed by atoms with Crippen molar-refractivity contribution in [3.8, 4) is 5.75 Å². The zero-order chi connectivity index (χ0) is 20.8. The fourth-order valence-electron chi connectivity index (χ4n) is 3.68. The van der Waals surface area contributed by atoms with Crippen molar-refractivity contribution in [1.29, 1.82) is 0 Å². The van der Waals surface area contributed by atoms with Crippen LogP contribution in [0.5, 0.6) is 5.75 Å². The molecule has 0 aliphatic carbocycles. The third-order valence-corrected chi connectivity index (χ3v) is 5.07. The smallest absolute Gasteiger partial charge is 0.227 e. The Morgan fingerprint density at radius 2 is 1.83 bits per heavy atom. The zero-order valence-electron chi connectivity index (χ0n) is 17.4. The van der Waals surface area contributed by atoms with Crippen LogP contribution in [0.1, 0.15) is 24.5 Å². The minimum absolute atomic E-state index is 0.0473. The van der Waals surface area contributed by atoms with Gasteiger partial charge in [0.2, 0.25) is 11.8 Å². The van der Waals surface area contributed by atoms with E-state index in [4.69, 9.17) is 4.74 Å². The van der Waals surface area contributed by atoms with Gasteiger partial charge in [-0.05, 0) is 24.6 Å². The number of benzene rings is 2. The Morgan fingerprint density at radius 1 is 1.14 bits per heavy atom. The molecule has 1 heterocycles. The van der Waals surface area contributed by atoms with Gasteiger partial charge in [-0.1, -0.05) is 36.4 Å². The summed E-state index contributed by atoms with van der Waals surface area (Å²) in [5, 5.41) is 3.03. The van der Waals surface area contributed by atoms with Crippen LogP contribution in [0.3, 0.4) is 0 Å². The number of nitrogens with one attached hydrogen (secondary N) is 2. The summed E-state index contributed by atoms with van der Waals surface area (Å²) >= 11 is 0. The molecule has 1 fully saturated rings. The molecular formula is C23H30N3O3+. The van der Waals surface area contributed by atoms with E-state index in [0.29, 0.717) is 25.4 Å². The highest BCUT2D eigenvalue weighted by molar-refractivity contribution is 6.01. The maximum Gasteiger partial charge on any atom is 0.227 e. The average Bonchev–Trinajstić information content (AvgIpc) is 3.09. The standard InChI is InChI=1S/C23H29N3O3/c1-4-29-21-12-8-7-11-20(21)26-16-19(13-22(26)27)23(28)24-14-17-9-5-6-10-18(17)15-25(2)3/h5-12,19H,4,13-16H2,1-3H3,(H,24,28)/p+1/t19-/m1/s1. The quantitative estimate of drug-likeness (QED) is 0.709. The van der Waals surface area contributed by atoms with Gasteiger partial charge in [0.05, 0.1) is 32.3 Å². The van der Waals surface area contributed by atoms with E-state index in [2.05, 4.69) is 25.5 Å². The van der Waals surface area contributed by atoms with E-state index in [-0.39, 0.29) is 24.2 Å². The molecule has 0 bridgehead atoms. The van der Waals surface area contributed by atoms with Crippen molar-refractivity contribution in [2.45, 2.75) is 26.4 Å². The number of rotatable bonds is 8. The summed E-state index contributed by atoms with van der Waals surface area (Å²) in [5.74, 6) is 0.184. The highest BCUT2D eigenvalue weighted by Gasteiger charge is 2.36. The Labute approximate surface area is 172 Å². The van der Waals surface area contributed by atoms with Crippen LogP contribution >= 0.6 is 0 Å². The second kappa shape index (κ2) is 9.56. The van der Waals surface area contributed by atoms with Crippen molar-refractivity contribution in [2.75, 3.05) is 32.1 Å². The van der Waals surface area contributed by atoms with E-state index < -0.39 is 0 Å². The van der Waals surface area contributed by atoms with E-state index in [1.54, 1.807) is 4.90 Å². The number of anilines is 1. The van der Waals surface area contributed by atoms with E-state index in [0.717, 1.165) is 17.8 Å². The SMILES string of the molecule is CCOc1ccccc1N1C[C@H](C(=O)NCc2ccccc2C[NH+](C)C)CC1=O. The van der Waals surface area contributed by atoms with E-state index in [1.807, 2.05) is 49.4 Å². The second-order valence-corrected chi connectivity index (χ2v) is 7.68. The molecule has 0 spiro atoms. The Bertz CT molecular complexity index is 866. The van der Waals surface area contributed by atoms with Gasteiger partial charge in [-0.25, -0.2) is 0 Å². The maximum absolute atomic E-state index is 12.8. The van der Waals surface area contributed by atoms with Crippen LogP contribution in [-0.4, -0.2) is 39.1 Å².